The topological polar surface area (TPSA) is 30.5 Å². The number of hydrogen-bond donors (Lipinski definition) is 1. The molecule has 3 heteroatoms. The Bertz CT molecular complexity index is 335. The van der Waals surface area contributed by atoms with Crippen LogP contribution in [-0.2, 0) is 22.6 Å². The van der Waals surface area contributed by atoms with Gasteiger partial charge in [0, 0.05) is 19.8 Å². The first kappa shape index (κ1) is 12.6. The maximum absolute atomic E-state index is 5.95. The quantitative estimate of drug-likeness (QED) is 0.848. The molecule has 0 atom stereocenters. The van der Waals surface area contributed by atoms with Crippen LogP contribution in [0.4, 0.5) is 0 Å². The molecule has 0 saturated carbocycles. The van der Waals surface area contributed by atoms with Crippen molar-refractivity contribution in [1.29, 1.82) is 0 Å². The fourth-order valence-electron chi connectivity index (χ4n) is 2.11. The molecule has 0 bridgehead atoms. The maximum Gasteiger partial charge on any atom is 0.0723 e. The number of ether oxygens (including phenoxy) is 2. The van der Waals surface area contributed by atoms with Gasteiger partial charge in [0.15, 0.2) is 0 Å². The molecule has 1 heterocycles. The second kappa shape index (κ2) is 6.74. The van der Waals surface area contributed by atoms with Crippen LogP contribution in [0.15, 0.2) is 24.3 Å². The van der Waals surface area contributed by atoms with Gasteiger partial charge in [-0.25, -0.2) is 0 Å². The molecule has 94 valence electrons. The van der Waals surface area contributed by atoms with E-state index in [9.17, 15) is 0 Å². The van der Waals surface area contributed by atoms with Gasteiger partial charge in [0.1, 0.15) is 0 Å². The van der Waals surface area contributed by atoms with E-state index in [2.05, 4.69) is 29.6 Å². The highest BCUT2D eigenvalue weighted by atomic mass is 16.5. The van der Waals surface area contributed by atoms with Gasteiger partial charge in [0.05, 0.1) is 12.7 Å². The Morgan fingerprint density at radius 1 is 1.24 bits per heavy atom. The monoisotopic (exact) mass is 235 g/mol. The zero-order valence-electron chi connectivity index (χ0n) is 10.4. The predicted molar refractivity (Wildman–Crippen MR) is 67.8 cm³/mol. The van der Waals surface area contributed by atoms with E-state index >= 15 is 0 Å². The molecule has 1 saturated heterocycles. The number of nitrogens with one attached hydrogen (secondary N) is 1. The van der Waals surface area contributed by atoms with Crippen molar-refractivity contribution in [2.75, 3.05) is 20.3 Å². The molecule has 0 aliphatic carbocycles. The molecule has 1 aliphatic heterocycles. The summed E-state index contributed by atoms with van der Waals surface area (Å²) < 4.78 is 11.3. The summed E-state index contributed by atoms with van der Waals surface area (Å²) in [5.41, 5.74) is 2.61. The summed E-state index contributed by atoms with van der Waals surface area (Å²) in [6, 6.07) is 8.44. The second-order valence-electron chi connectivity index (χ2n) is 4.42. The molecule has 3 nitrogen and oxygen atoms in total. The predicted octanol–water partition coefficient (Wildman–Crippen LogP) is 2.10. The zero-order chi connectivity index (χ0) is 11.9. The summed E-state index contributed by atoms with van der Waals surface area (Å²) in [4.78, 5) is 0. The van der Waals surface area contributed by atoms with Crippen LogP contribution in [0.2, 0.25) is 0 Å². The van der Waals surface area contributed by atoms with Gasteiger partial charge in [-0.1, -0.05) is 24.3 Å². The van der Waals surface area contributed by atoms with E-state index < -0.39 is 0 Å². The van der Waals surface area contributed by atoms with Crippen molar-refractivity contribution in [1.82, 2.24) is 5.32 Å². The standard InChI is InChI=1S/C14H21NO2/c1-15-10-12-4-2-3-5-13(12)11-17-14-6-8-16-9-7-14/h2-5,14-15H,6-11H2,1H3. The average molecular weight is 235 g/mol. The number of benzene rings is 1. The van der Waals surface area contributed by atoms with Gasteiger partial charge in [-0.2, -0.15) is 0 Å². The highest BCUT2D eigenvalue weighted by Gasteiger charge is 2.14. The molecule has 0 aromatic heterocycles. The highest BCUT2D eigenvalue weighted by molar-refractivity contribution is 5.26. The smallest absolute Gasteiger partial charge is 0.0723 e. The first-order chi connectivity index (χ1) is 8.40. The van der Waals surface area contributed by atoms with E-state index in [1.54, 1.807) is 0 Å². The van der Waals surface area contributed by atoms with Gasteiger partial charge in [0.25, 0.3) is 0 Å². The van der Waals surface area contributed by atoms with Crippen molar-refractivity contribution >= 4 is 0 Å². The minimum Gasteiger partial charge on any atom is -0.381 e. The maximum atomic E-state index is 5.95. The Morgan fingerprint density at radius 2 is 1.94 bits per heavy atom. The third-order valence-electron chi connectivity index (χ3n) is 3.13. The normalized spacial score (nSPS) is 17.2. The van der Waals surface area contributed by atoms with Crippen LogP contribution >= 0.6 is 0 Å². The van der Waals surface area contributed by atoms with Crippen molar-refractivity contribution in [3.8, 4) is 0 Å². The molecule has 1 aliphatic rings. The van der Waals surface area contributed by atoms with Crippen LogP contribution in [0, 0.1) is 0 Å². The summed E-state index contributed by atoms with van der Waals surface area (Å²) in [6.45, 7) is 3.28. The van der Waals surface area contributed by atoms with Gasteiger partial charge < -0.3 is 14.8 Å². The van der Waals surface area contributed by atoms with E-state index in [0.717, 1.165) is 32.6 Å². The Hall–Kier alpha value is -0.900. The fraction of sp³-hybridized carbons (Fsp3) is 0.571. The molecule has 0 unspecified atom stereocenters. The largest absolute Gasteiger partial charge is 0.381 e. The lowest BCUT2D eigenvalue weighted by molar-refractivity contribution is -0.0392. The van der Waals surface area contributed by atoms with Crippen LogP contribution in [0.1, 0.15) is 24.0 Å². The Balaban J connectivity index is 1.88. The molecule has 0 amide bonds. The SMILES string of the molecule is CNCc1ccccc1COC1CCOCC1. The molecule has 0 spiro atoms. The first-order valence-electron chi connectivity index (χ1n) is 6.31. The highest BCUT2D eigenvalue weighted by Crippen LogP contribution is 2.15. The Morgan fingerprint density at radius 3 is 2.65 bits per heavy atom. The third kappa shape index (κ3) is 3.80. The van der Waals surface area contributed by atoms with Gasteiger partial charge in [-0.15, -0.1) is 0 Å². The van der Waals surface area contributed by atoms with Crippen molar-refractivity contribution in [3.05, 3.63) is 35.4 Å². The summed E-state index contributed by atoms with van der Waals surface area (Å²) in [7, 11) is 1.97. The molecule has 1 fully saturated rings. The lowest BCUT2D eigenvalue weighted by atomic mass is 10.1. The Labute approximate surface area is 103 Å². The molecule has 1 N–H and O–H groups in total. The van der Waals surface area contributed by atoms with E-state index in [1.807, 2.05) is 7.05 Å². The number of rotatable bonds is 5. The summed E-state index contributed by atoms with van der Waals surface area (Å²) in [5.74, 6) is 0. The lowest BCUT2D eigenvalue weighted by Gasteiger charge is -2.23. The molecule has 0 radical (unpaired) electrons. The van der Waals surface area contributed by atoms with Crippen LogP contribution in [0.5, 0.6) is 0 Å². The fourth-order valence-corrected chi connectivity index (χ4v) is 2.11. The zero-order valence-corrected chi connectivity index (χ0v) is 10.4. The minimum atomic E-state index is 0.367. The van der Waals surface area contributed by atoms with Crippen LogP contribution in [-0.4, -0.2) is 26.4 Å². The molecular formula is C14H21NO2. The number of hydrogen-bond acceptors (Lipinski definition) is 3. The van der Waals surface area contributed by atoms with Crippen molar-refractivity contribution in [3.63, 3.8) is 0 Å². The van der Waals surface area contributed by atoms with E-state index in [0.29, 0.717) is 12.7 Å². The van der Waals surface area contributed by atoms with E-state index in [1.165, 1.54) is 11.1 Å². The van der Waals surface area contributed by atoms with Gasteiger partial charge in [-0.05, 0) is 31.0 Å². The van der Waals surface area contributed by atoms with Gasteiger partial charge >= 0.3 is 0 Å². The minimum absolute atomic E-state index is 0.367. The van der Waals surface area contributed by atoms with E-state index in [-0.39, 0.29) is 0 Å². The third-order valence-corrected chi connectivity index (χ3v) is 3.13. The van der Waals surface area contributed by atoms with Crippen LogP contribution in [0.25, 0.3) is 0 Å². The van der Waals surface area contributed by atoms with Gasteiger partial charge in [-0.3, -0.25) is 0 Å². The van der Waals surface area contributed by atoms with Crippen molar-refractivity contribution in [2.45, 2.75) is 32.1 Å². The average Bonchev–Trinajstić information content (AvgIpc) is 2.39. The molecule has 2 rings (SSSR count). The molecule has 17 heavy (non-hydrogen) atoms. The second-order valence-corrected chi connectivity index (χ2v) is 4.42. The van der Waals surface area contributed by atoms with Crippen molar-refractivity contribution in [2.24, 2.45) is 0 Å². The van der Waals surface area contributed by atoms with Crippen LogP contribution in [0.3, 0.4) is 0 Å². The first-order valence-corrected chi connectivity index (χ1v) is 6.31. The molecule has 1 aromatic carbocycles. The molecular weight excluding hydrogens is 214 g/mol. The lowest BCUT2D eigenvalue weighted by Crippen LogP contribution is -2.23. The Kier molecular flexibility index (Phi) is 4.98. The van der Waals surface area contributed by atoms with Crippen LogP contribution < -0.4 is 5.32 Å². The van der Waals surface area contributed by atoms with E-state index in [4.69, 9.17) is 9.47 Å². The summed E-state index contributed by atoms with van der Waals surface area (Å²) >= 11 is 0. The summed E-state index contributed by atoms with van der Waals surface area (Å²) in [6.07, 6.45) is 2.41. The van der Waals surface area contributed by atoms with Gasteiger partial charge in [0.2, 0.25) is 0 Å². The summed E-state index contributed by atoms with van der Waals surface area (Å²) in [5, 5.41) is 3.19. The molecule has 1 aromatic rings. The van der Waals surface area contributed by atoms with Crippen molar-refractivity contribution < 1.29 is 9.47 Å².